The second-order valence-electron chi connectivity index (χ2n) is 8.87. The highest BCUT2D eigenvalue weighted by Gasteiger charge is 2.34. The van der Waals surface area contributed by atoms with E-state index in [1.807, 2.05) is 6.92 Å². The quantitative estimate of drug-likeness (QED) is 0.132. The summed E-state index contributed by atoms with van der Waals surface area (Å²) >= 11 is 0. The fraction of sp³-hybridized carbons (Fsp3) is 0.143. The molecule has 1 aliphatic rings. The first-order chi connectivity index (χ1) is 17.6. The van der Waals surface area contributed by atoms with Crippen LogP contribution >= 0.6 is 0 Å². The fourth-order valence-electron chi connectivity index (χ4n) is 4.35. The van der Waals surface area contributed by atoms with Crippen LogP contribution in [0.1, 0.15) is 30.4 Å². The molecule has 0 radical (unpaired) electrons. The predicted molar refractivity (Wildman–Crippen MR) is 133 cm³/mol. The Morgan fingerprint density at radius 3 is 2.54 bits per heavy atom. The molecule has 0 saturated carbocycles. The molecule has 1 unspecified atom stereocenters. The zero-order valence-electron chi connectivity index (χ0n) is 19.6. The second kappa shape index (κ2) is 8.94. The van der Waals surface area contributed by atoms with Gasteiger partial charge in [-0.2, -0.15) is 0 Å². The van der Waals surface area contributed by atoms with Gasteiger partial charge in [-0.1, -0.05) is 18.7 Å². The van der Waals surface area contributed by atoms with E-state index in [4.69, 9.17) is 13.9 Å². The number of benzene rings is 3. The first-order valence-corrected chi connectivity index (χ1v) is 11.3. The zero-order valence-corrected chi connectivity index (χ0v) is 19.6. The molecule has 0 amide bonds. The van der Waals surface area contributed by atoms with Crippen molar-refractivity contribution in [1.82, 2.24) is 0 Å². The summed E-state index contributed by atoms with van der Waals surface area (Å²) in [5.74, 6) is -3.16. The second-order valence-corrected chi connectivity index (χ2v) is 8.87. The third kappa shape index (κ3) is 4.20. The van der Waals surface area contributed by atoms with E-state index in [9.17, 15) is 30.0 Å². The summed E-state index contributed by atoms with van der Waals surface area (Å²) < 4.78 is 17.1. The van der Waals surface area contributed by atoms with Crippen LogP contribution in [-0.2, 0) is 4.79 Å². The lowest BCUT2D eigenvalue weighted by Crippen LogP contribution is -2.22. The minimum Gasteiger partial charge on any atom is -0.507 e. The van der Waals surface area contributed by atoms with E-state index in [2.05, 4.69) is 6.58 Å². The normalized spacial score (nSPS) is 14.7. The van der Waals surface area contributed by atoms with Crippen molar-refractivity contribution in [3.63, 3.8) is 0 Å². The molecule has 188 valence electrons. The lowest BCUT2D eigenvalue weighted by atomic mass is 9.85. The highest BCUT2D eigenvalue weighted by molar-refractivity contribution is 5.94. The summed E-state index contributed by atoms with van der Waals surface area (Å²) in [6.07, 6.45) is -0.0866. The predicted octanol–water partition coefficient (Wildman–Crippen LogP) is 4.68. The topological polar surface area (TPSA) is 147 Å². The number of phenolic OH excluding ortho intramolecular Hbond substituents is 3. The van der Waals surface area contributed by atoms with Crippen LogP contribution < -0.4 is 14.9 Å². The Bertz CT molecular complexity index is 1650. The Morgan fingerprint density at radius 1 is 1.03 bits per heavy atom. The van der Waals surface area contributed by atoms with Crippen LogP contribution in [-0.4, -0.2) is 33.0 Å². The molecule has 3 aromatic carbocycles. The van der Waals surface area contributed by atoms with Crippen LogP contribution in [0.2, 0.25) is 0 Å². The van der Waals surface area contributed by atoms with Gasteiger partial charge in [0.15, 0.2) is 17.3 Å². The van der Waals surface area contributed by atoms with Gasteiger partial charge in [-0.15, -0.1) is 0 Å². The van der Waals surface area contributed by atoms with Gasteiger partial charge in [0.2, 0.25) is 11.2 Å². The van der Waals surface area contributed by atoms with Crippen molar-refractivity contribution in [2.75, 3.05) is 6.61 Å². The van der Waals surface area contributed by atoms with Crippen molar-refractivity contribution >= 4 is 16.9 Å². The smallest absolute Gasteiger partial charge is 0.312 e. The highest BCUT2D eigenvalue weighted by atomic mass is 16.5. The summed E-state index contributed by atoms with van der Waals surface area (Å²) in [7, 11) is 0. The number of rotatable bonds is 5. The van der Waals surface area contributed by atoms with Crippen LogP contribution in [0.25, 0.3) is 22.3 Å². The number of fused-ring (bicyclic) bond motifs is 3. The lowest BCUT2D eigenvalue weighted by molar-refractivity contribution is -0.135. The van der Waals surface area contributed by atoms with Gasteiger partial charge in [0.25, 0.3) is 0 Å². The van der Waals surface area contributed by atoms with Crippen LogP contribution in [0.4, 0.5) is 0 Å². The van der Waals surface area contributed by atoms with Crippen molar-refractivity contribution in [3.8, 4) is 45.8 Å². The van der Waals surface area contributed by atoms with Crippen molar-refractivity contribution < 1.29 is 39.1 Å². The first-order valence-electron chi connectivity index (χ1n) is 11.3. The number of phenols is 3. The van der Waals surface area contributed by atoms with Crippen LogP contribution in [0, 0.1) is 0 Å². The van der Waals surface area contributed by atoms with Crippen molar-refractivity contribution in [2.24, 2.45) is 0 Å². The van der Waals surface area contributed by atoms with Crippen molar-refractivity contribution in [1.29, 1.82) is 0 Å². The molecule has 0 spiro atoms. The third-order valence-corrected chi connectivity index (χ3v) is 6.05. The molecule has 5 rings (SSSR count). The van der Waals surface area contributed by atoms with Crippen LogP contribution in [0.3, 0.4) is 0 Å². The van der Waals surface area contributed by atoms with Gasteiger partial charge in [-0.25, -0.2) is 0 Å². The Balaban J connectivity index is 1.76. The first kappa shape index (κ1) is 23.8. The Labute approximate surface area is 210 Å². The molecule has 9 nitrogen and oxygen atoms in total. The molecule has 0 bridgehead atoms. The molecule has 2 heterocycles. The van der Waals surface area contributed by atoms with E-state index in [1.165, 1.54) is 12.1 Å². The number of carbonyl (C=O) groups is 1. The summed E-state index contributed by atoms with van der Waals surface area (Å²) in [4.78, 5) is 25.7. The van der Waals surface area contributed by atoms with Crippen LogP contribution in [0.5, 0.6) is 34.5 Å². The number of esters is 1. The third-order valence-electron chi connectivity index (χ3n) is 6.05. The molecule has 0 fully saturated rings. The van der Waals surface area contributed by atoms with E-state index < -0.39 is 40.3 Å². The molecule has 1 atom stereocenters. The van der Waals surface area contributed by atoms with E-state index >= 15 is 0 Å². The molecule has 4 N–H and O–H groups in total. The van der Waals surface area contributed by atoms with Gasteiger partial charge >= 0.3 is 5.97 Å². The number of ether oxygens (including phenoxy) is 2. The minimum atomic E-state index is -0.918. The average Bonchev–Trinajstić information content (AvgIpc) is 2.85. The summed E-state index contributed by atoms with van der Waals surface area (Å²) in [5, 5.41) is 40.5. The summed E-state index contributed by atoms with van der Waals surface area (Å²) in [5.41, 5.74) is 0.912. The van der Waals surface area contributed by atoms with E-state index in [0.717, 1.165) is 17.7 Å². The van der Waals surface area contributed by atoms with Gasteiger partial charge in [0, 0.05) is 23.1 Å². The minimum absolute atomic E-state index is 0.00727. The van der Waals surface area contributed by atoms with Gasteiger partial charge in [-0.05, 0) is 48.4 Å². The molecule has 9 heteroatoms. The average molecular weight is 502 g/mol. The van der Waals surface area contributed by atoms with E-state index in [0.29, 0.717) is 23.5 Å². The maximum absolute atomic E-state index is 13.2. The van der Waals surface area contributed by atoms with Crippen molar-refractivity contribution in [3.05, 3.63) is 82.0 Å². The molecular weight excluding hydrogens is 480 g/mol. The number of aromatic hydroxyl groups is 4. The number of hydrogen-bond acceptors (Lipinski definition) is 9. The molecule has 0 saturated heterocycles. The number of hydrogen-bond donors (Lipinski definition) is 4. The van der Waals surface area contributed by atoms with E-state index in [1.54, 1.807) is 24.3 Å². The summed E-state index contributed by atoms with van der Waals surface area (Å²) in [6.45, 7) is 5.96. The Kier molecular flexibility index (Phi) is 5.75. The maximum Gasteiger partial charge on any atom is 0.312 e. The van der Waals surface area contributed by atoms with Gasteiger partial charge < -0.3 is 34.3 Å². The standard InChI is InChI=1S/C28H22O9/c1-13(2)12-35-16-5-3-4-14(8-16)17-10-22(32)36-21-11-20(31)24-25(33)26(34)27(37-28(24)23(17)21)15-6-7-18(29)19(30)9-15/h3-9,11,17,29-31,34H,1,10,12H2,2H3. The lowest BCUT2D eigenvalue weighted by Gasteiger charge is -2.26. The SMILES string of the molecule is C=C(C)COc1cccc(C2CC(=O)Oc3cc(O)c4c(=O)c(O)c(-c5ccc(O)c(O)c5)oc4c32)c1. The fourth-order valence-corrected chi connectivity index (χ4v) is 4.35. The number of carbonyl (C=O) groups excluding carboxylic acids is 1. The molecule has 0 aliphatic carbocycles. The van der Waals surface area contributed by atoms with Gasteiger partial charge in [0.1, 0.15) is 34.8 Å². The maximum atomic E-state index is 13.2. The highest BCUT2D eigenvalue weighted by Crippen LogP contribution is 2.47. The zero-order chi connectivity index (χ0) is 26.4. The molecule has 37 heavy (non-hydrogen) atoms. The van der Waals surface area contributed by atoms with Gasteiger partial charge in [-0.3, -0.25) is 9.59 Å². The summed E-state index contributed by atoms with van der Waals surface area (Å²) in [6, 6.07) is 11.8. The van der Waals surface area contributed by atoms with Gasteiger partial charge in [0.05, 0.1) is 6.42 Å². The molecule has 4 aromatic rings. The van der Waals surface area contributed by atoms with Crippen LogP contribution in [0.15, 0.2) is 69.9 Å². The largest absolute Gasteiger partial charge is 0.507 e. The van der Waals surface area contributed by atoms with Crippen molar-refractivity contribution in [2.45, 2.75) is 19.3 Å². The molecule has 1 aromatic heterocycles. The monoisotopic (exact) mass is 502 g/mol. The Hall–Kier alpha value is -4.92. The van der Waals surface area contributed by atoms with E-state index in [-0.39, 0.29) is 34.5 Å². The Morgan fingerprint density at radius 2 is 1.81 bits per heavy atom. The molecular formula is C28H22O9. The molecule has 1 aliphatic heterocycles.